The van der Waals surface area contributed by atoms with Gasteiger partial charge in [-0.15, -0.1) is 11.6 Å². The van der Waals surface area contributed by atoms with E-state index >= 15 is 0 Å². The summed E-state index contributed by atoms with van der Waals surface area (Å²) in [6.07, 6.45) is 5.52. The predicted octanol–water partition coefficient (Wildman–Crippen LogP) is 2.58. The molecule has 0 radical (unpaired) electrons. The van der Waals surface area contributed by atoms with Gasteiger partial charge in [-0.25, -0.2) is 0 Å². The molecule has 112 valence electrons. The Morgan fingerprint density at radius 2 is 2.11 bits per heavy atom. The molecular formula is C15H29ClN2O. The number of morpholine rings is 1. The minimum Gasteiger partial charge on any atom is -0.374 e. The molecule has 2 saturated heterocycles. The van der Waals surface area contributed by atoms with Crippen molar-refractivity contribution in [2.45, 2.75) is 57.7 Å². The fourth-order valence-electron chi connectivity index (χ4n) is 3.34. The van der Waals surface area contributed by atoms with Crippen LogP contribution >= 0.6 is 11.6 Å². The van der Waals surface area contributed by atoms with Gasteiger partial charge in [0.15, 0.2) is 0 Å². The lowest BCUT2D eigenvalue weighted by atomic mass is 9.99. The van der Waals surface area contributed by atoms with Gasteiger partial charge in [-0.2, -0.15) is 0 Å². The lowest BCUT2D eigenvalue weighted by Crippen LogP contribution is -2.52. The van der Waals surface area contributed by atoms with Gasteiger partial charge < -0.3 is 4.74 Å². The molecule has 0 saturated carbocycles. The summed E-state index contributed by atoms with van der Waals surface area (Å²) >= 11 is 5.94. The fourth-order valence-corrected chi connectivity index (χ4v) is 3.59. The number of ether oxygens (including phenoxy) is 1. The smallest absolute Gasteiger partial charge is 0.0829 e. The Hall–Kier alpha value is 0.170. The zero-order chi connectivity index (χ0) is 13.7. The molecule has 0 aliphatic carbocycles. The third kappa shape index (κ3) is 4.59. The maximum atomic E-state index is 5.97. The van der Waals surface area contributed by atoms with Gasteiger partial charge >= 0.3 is 0 Å². The van der Waals surface area contributed by atoms with Crippen LogP contribution in [0.4, 0.5) is 0 Å². The van der Waals surface area contributed by atoms with E-state index in [-0.39, 0.29) is 0 Å². The Bertz CT molecular complexity index is 261. The number of halogens is 1. The van der Waals surface area contributed by atoms with Crippen LogP contribution in [0.5, 0.6) is 0 Å². The molecule has 19 heavy (non-hydrogen) atoms. The number of likely N-dealkylation sites (tertiary alicyclic amines) is 1. The fraction of sp³-hybridized carbons (Fsp3) is 1.00. The third-order valence-electron chi connectivity index (χ3n) is 4.53. The Balaban J connectivity index is 1.84. The molecule has 2 aliphatic heterocycles. The topological polar surface area (TPSA) is 15.7 Å². The van der Waals surface area contributed by atoms with E-state index in [1.54, 1.807) is 0 Å². The zero-order valence-electron chi connectivity index (χ0n) is 12.5. The van der Waals surface area contributed by atoms with E-state index < -0.39 is 0 Å². The van der Waals surface area contributed by atoms with Crippen molar-refractivity contribution in [3.05, 3.63) is 0 Å². The molecule has 2 atom stereocenters. The summed E-state index contributed by atoms with van der Waals surface area (Å²) in [6.45, 7) is 9.92. The second-order valence-electron chi connectivity index (χ2n) is 6.20. The quantitative estimate of drug-likeness (QED) is 0.723. The highest BCUT2D eigenvalue weighted by atomic mass is 35.5. The second kappa shape index (κ2) is 7.82. The van der Waals surface area contributed by atoms with Crippen LogP contribution in [0.1, 0.15) is 39.5 Å². The van der Waals surface area contributed by atoms with Crippen molar-refractivity contribution in [1.29, 1.82) is 0 Å². The van der Waals surface area contributed by atoms with Crippen LogP contribution in [0.3, 0.4) is 0 Å². The molecule has 0 N–H and O–H groups in total. The third-order valence-corrected chi connectivity index (χ3v) is 4.75. The highest BCUT2D eigenvalue weighted by Gasteiger charge is 2.28. The standard InChI is InChI=1S/C15H29ClN2O/c1-13(2)17-9-10-19-15(11-17)12-18-8-4-3-5-14(18)6-7-16/h13-15H,3-12H2,1-2H3. The molecule has 2 heterocycles. The molecule has 0 amide bonds. The van der Waals surface area contributed by atoms with Crippen LogP contribution in [0, 0.1) is 0 Å². The molecule has 2 unspecified atom stereocenters. The van der Waals surface area contributed by atoms with E-state index in [9.17, 15) is 0 Å². The predicted molar refractivity (Wildman–Crippen MR) is 81.0 cm³/mol. The molecule has 4 heteroatoms. The first kappa shape index (κ1) is 15.6. The van der Waals surface area contributed by atoms with Gasteiger partial charge in [0, 0.05) is 37.6 Å². The van der Waals surface area contributed by atoms with Gasteiger partial charge in [0.2, 0.25) is 0 Å². The van der Waals surface area contributed by atoms with Crippen molar-refractivity contribution in [1.82, 2.24) is 9.80 Å². The molecule has 0 aromatic rings. The molecule has 2 fully saturated rings. The average molecular weight is 289 g/mol. The van der Waals surface area contributed by atoms with Gasteiger partial charge in [0.25, 0.3) is 0 Å². The highest BCUT2D eigenvalue weighted by molar-refractivity contribution is 6.17. The van der Waals surface area contributed by atoms with Crippen LogP contribution in [-0.2, 0) is 4.74 Å². The van der Waals surface area contributed by atoms with E-state index in [1.165, 1.54) is 25.8 Å². The molecule has 0 bridgehead atoms. The van der Waals surface area contributed by atoms with Crippen LogP contribution in [0.25, 0.3) is 0 Å². The number of hydrogen-bond donors (Lipinski definition) is 0. The Labute approximate surface area is 123 Å². The Morgan fingerprint density at radius 3 is 2.84 bits per heavy atom. The van der Waals surface area contributed by atoms with E-state index in [0.29, 0.717) is 18.2 Å². The van der Waals surface area contributed by atoms with Crippen LogP contribution in [-0.4, -0.2) is 66.7 Å². The summed E-state index contributed by atoms with van der Waals surface area (Å²) in [5.74, 6) is 0.783. The summed E-state index contributed by atoms with van der Waals surface area (Å²) < 4.78 is 5.97. The second-order valence-corrected chi connectivity index (χ2v) is 6.58. The number of rotatable bonds is 5. The Morgan fingerprint density at radius 1 is 1.26 bits per heavy atom. The first-order valence-electron chi connectivity index (χ1n) is 7.86. The van der Waals surface area contributed by atoms with E-state index in [4.69, 9.17) is 16.3 Å². The molecule has 0 aromatic carbocycles. The van der Waals surface area contributed by atoms with Crippen LogP contribution in [0.2, 0.25) is 0 Å². The van der Waals surface area contributed by atoms with Crippen molar-refractivity contribution >= 4 is 11.6 Å². The van der Waals surface area contributed by atoms with Crippen molar-refractivity contribution in [3.63, 3.8) is 0 Å². The SMILES string of the molecule is CC(C)N1CCOC(CN2CCCCC2CCCl)C1. The maximum Gasteiger partial charge on any atom is 0.0829 e. The summed E-state index contributed by atoms with van der Waals surface area (Å²) in [6, 6.07) is 1.32. The van der Waals surface area contributed by atoms with Crippen molar-refractivity contribution < 1.29 is 4.74 Å². The minimum atomic E-state index is 0.382. The highest BCUT2D eigenvalue weighted by Crippen LogP contribution is 2.21. The van der Waals surface area contributed by atoms with Crippen LogP contribution < -0.4 is 0 Å². The first-order chi connectivity index (χ1) is 9.20. The van der Waals surface area contributed by atoms with Crippen LogP contribution in [0.15, 0.2) is 0 Å². The van der Waals surface area contributed by atoms with Gasteiger partial charge in [0.1, 0.15) is 0 Å². The summed E-state index contributed by atoms with van der Waals surface area (Å²) in [5, 5.41) is 0. The van der Waals surface area contributed by atoms with Crippen molar-refractivity contribution in [2.24, 2.45) is 0 Å². The largest absolute Gasteiger partial charge is 0.374 e. The lowest BCUT2D eigenvalue weighted by molar-refractivity contribution is -0.0601. The Kier molecular flexibility index (Phi) is 6.40. The number of nitrogens with zero attached hydrogens (tertiary/aromatic N) is 2. The number of piperidine rings is 1. The van der Waals surface area contributed by atoms with Gasteiger partial charge in [0.05, 0.1) is 12.7 Å². The summed E-state index contributed by atoms with van der Waals surface area (Å²) in [4.78, 5) is 5.16. The lowest BCUT2D eigenvalue weighted by Gasteiger charge is -2.41. The van der Waals surface area contributed by atoms with Gasteiger partial charge in [-0.1, -0.05) is 6.42 Å². The molecule has 2 aliphatic rings. The number of alkyl halides is 1. The molecule has 0 aromatic heterocycles. The van der Waals surface area contributed by atoms with Gasteiger partial charge in [-0.3, -0.25) is 9.80 Å². The minimum absolute atomic E-state index is 0.382. The normalized spacial score (nSPS) is 30.9. The van der Waals surface area contributed by atoms with E-state index in [2.05, 4.69) is 23.6 Å². The van der Waals surface area contributed by atoms with Crippen molar-refractivity contribution in [3.8, 4) is 0 Å². The average Bonchev–Trinajstić information content (AvgIpc) is 2.41. The molecular weight excluding hydrogens is 260 g/mol. The molecule has 0 spiro atoms. The van der Waals surface area contributed by atoms with Gasteiger partial charge in [-0.05, 0) is 39.7 Å². The maximum absolute atomic E-state index is 5.97. The first-order valence-corrected chi connectivity index (χ1v) is 8.40. The van der Waals surface area contributed by atoms with E-state index in [1.807, 2.05) is 0 Å². The van der Waals surface area contributed by atoms with Crippen molar-refractivity contribution in [2.75, 3.05) is 38.7 Å². The number of hydrogen-bond acceptors (Lipinski definition) is 3. The summed E-state index contributed by atoms with van der Waals surface area (Å²) in [5.41, 5.74) is 0. The molecule has 2 rings (SSSR count). The van der Waals surface area contributed by atoms with E-state index in [0.717, 1.165) is 38.5 Å². The molecule has 3 nitrogen and oxygen atoms in total. The monoisotopic (exact) mass is 288 g/mol. The summed E-state index contributed by atoms with van der Waals surface area (Å²) in [7, 11) is 0. The zero-order valence-corrected chi connectivity index (χ0v) is 13.2.